The molecule has 0 bridgehead atoms. The van der Waals surface area contributed by atoms with Crippen LogP contribution < -0.4 is 4.74 Å². The zero-order valence-electron chi connectivity index (χ0n) is 10.9. The van der Waals surface area contributed by atoms with Crippen LogP contribution in [0.15, 0.2) is 6.07 Å². The van der Waals surface area contributed by atoms with Crippen molar-refractivity contribution in [1.29, 1.82) is 0 Å². The van der Waals surface area contributed by atoms with Gasteiger partial charge >= 0.3 is 0 Å². The molecular weight excluding hydrogens is 212 g/mol. The average Bonchev–Trinajstić information content (AvgIpc) is 2.38. The van der Waals surface area contributed by atoms with Crippen molar-refractivity contribution in [3.63, 3.8) is 0 Å². The molecule has 2 rings (SSSR count). The standard InChI is InChI=1S/C15H22O2/c1-3-4-7-11-10-14(17-2)12-8-5-6-9-13(12)15(11)16/h10,16H,3-9H2,1-2H3. The first-order valence-electron chi connectivity index (χ1n) is 6.68. The molecule has 17 heavy (non-hydrogen) atoms. The van der Waals surface area contributed by atoms with Gasteiger partial charge in [-0.15, -0.1) is 0 Å². The molecule has 0 amide bonds. The van der Waals surface area contributed by atoms with Gasteiger partial charge in [0.25, 0.3) is 0 Å². The third-order valence-electron chi connectivity index (χ3n) is 3.68. The first-order valence-corrected chi connectivity index (χ1v) is 6.68. The van der Waals surface area contributed by atoms with Crippen LogP contribution in [0.1, 0.15) is 49.3 Å². The number of fused-ring (bicyclic) bond motifs is 1. The predicted molar refractivity (Wildman–Crippen MR) is 69.9 cm³/mol. The van der Waals surface area contributed by atoms with Crippen molar-refractivity contribution in [3.05, 3.63) is 22.8 Å². The number of hydrogen-bond donors (Lipinski definition) is 1. The van der Waals surface area contributed by atoms with Crippen LogP contribution in [-0.4, -0.2) is 12.2 Å². The lowest BCUT2D eigenvalue weighted by atomic mass is 9.87. The van der Waals surface area contributed by atoms with E-state index in [9.17, 15) is 5.11 Å². The summed E-state index contributed by atoms with van der Waals surface area (Å²) in [5.74, 6) is 1.51. The molecule has 0 radical (unpaired) electrons. The highest BCUT2D eigenvalue weighted by molar-refractivity contribution is 5.54. The normalized spacial score (nSPS) is 14.5. The van der Waals surface area contributed by atoms with E-state index < -0.39 is 0 Å². The largest absolute Gasteiger partial charge is 0.507 e. The van der Waals surface area contributed by atoms with Crippen LogP contribution in [0.2, 0.25) is 0 Å². The average molecular weight is 234 g/mol. The van der Waals surface area contributed by atoms with Crippen LogP contribution in [-0.2, 0) is 19.3 Å². The quantitative estimate of drug-likeness (QED) is 0.862. The second-order valence-corrected chi connectivity index (χ2v) is 4.85. The first kappa shape index (κ1) is 12.3. The summed E-state index contributed by atoms with van der Waals surface area (Å²) < 4.78 is 5.48. The molecule has 0 aromatic heterocycles. The molecule has 1 N–H and O–H groups in total. The number of phenolic OH excluding ortho intramolecular Hbond substituents is 1. The predicted octanol–water partition coefficient (Wildman–Crippen LogP) is 3.62. The molecule has 1 aromatic rings. The molecule has 1 aliphatic carbocycles. The fourth-order valence-electron chi connectivity index (χ4n) is 2.69. The van der Waals surface area contributed by atoms with Gasteiger partial charge in [0.05, 0.1) is 7.11 Å². The minimum Gasteiger partial charge on any atom is -0.507 e. The van der Waals surface area contributed by atoms with Crippen molar-refractivity contribution in [3.8, 4) is 11.5 Å². The van der Waals surface area contributed by atoms with E-state index >= 15 is 0 Å². The molecule has 0 fully saturated rings. The van der Waals surface area contributed by atoms with Gasteiger partial charge < -0.3 is 9.84 Å². The maximum Gasteiger partial charge on any atom is 0.122 e. The molecule has 0 atom stereocenters. The number of benzene rings is 1. The minimum atomic E-state index is 0.536. The Morgan fingerprint density at radius 1 is 1.24 bits per heavy atom. The van der Waals surface area contributed by atoms with Gasteiger partial charge in [0.1, 0.15) is 11.5 Å². The molecular formula is C15H22O2. The van der Waals surface area contributed by atoms with E-state index in [1.807, 2.05) is 6.07 Å². The molecule has 0 unspecified atom stereocenters. The van der Waals surface area contributed by atoms with E-state index in [0.29, 0.717) is 5.75 Å². The molecule has 94 valence electrons. The highest BCUT2D eigenvalue weighted by Gasteiger charge is 2.20. The Hall–Kier alpha value is -1.18. The molecule has 0 saturated heterocycles. The Bertz CT molecular complexity index is 396. The molecule has 1 aromatic carbocycles. The number of aromatic hydroxyl groups is 1. The van der Waals surface area contributed by atoms with Crippen LogP contribution in [0.4, 0.5) is 0 Å². The third kappa shape index (κ3) is 2.41. The Balaban J connectivity index is 2.41. The number of hydrogen-bond acceptors (Lipinski definition) is 2. The summed E-state index contributed by atoms with van der Waals surface area (Å²) in [6.45, 7) is 2.17. The fraction of sp³-hybridized carbons (Fsp3) is 0.600. The summed E-state index contributed by atoms with van der Waals surface area (Å²) in [4.78, 5) is 0. The van der Waals surface area contributed by atoms with E-state index in [0.717, 1.165) is 49.0 Å². The Morgan fingerprint density at radius 3 is 2.59 bits per heavy atom. The molecule has 2 nitrogen and oxygen atoms in total. The van der Waals surface area contributed by atoms with Gasteiger partial charge in [-0.2, -0.15) is 0 Å². The zero-order valence-corrected chi connectivity index (χ0v) is 10.9. The summed E-state index contributed by atoms with van der Waals surface area (Å²) in [7, 11) is 1.73. The third-order valence-corrected chi connectivity index (χ3v) is 3.68. The van der Waals surface area contributed by atoms with Gasteiger partial charge in [-0.05, 0) is 50.2 Å². The summed E-state index contributed by atoms with van der Waals surface area (Å²) >= 11 is 0. The zero-order chi connectivity index (χ0) is 12.3. The Labute approximate surface area is 104 Å². The fourth-order valence-corrected chi connectivity index (χ4v) is 2.69. The van der Waals surface area contributed by atoms with Crippen molar-refractivity contribution in [2.45, 2.75) is 51.9 Å². The van der Waals surface area contributed by atoms with Crippen LogP contribution >= 0.6 is 0 Å². The van der Waals surface area contributed by atoms with E-state index in [-0.39, 0.29) is 0 Å². The van der Waals surface area contributed by atoms with Gasteiger partial charge in [0.15, 0.2) is 0 Å². The van der Waals surface area contributed by atoms with Crippen LogP contribution in [0.3, 0.4) is 0 Å². The van der Waals surface area contributed by atoms with Gasteiger partial charge in [-0.1, -0.05) is 13.3 Å². The lowest BCUT2D eigenvalue weighted by Crippen LogP contribution is -2.07. The van der Waals surface area contributed by atoms with Crippen molar-refractivity contribution >= 4 is 0 Å². The highest BCUT2D eigenvalue weighted by Crippen LogP contribution is 2.38. The smallest absolute Gasteiger partial charge is 0.122 e. The molecule has 0 saturated carbocycles. The van der Waals surface area contributed by atoms with Crippen LogP contribution in [0, 0.1) is 0 Å². The Morgan fingerprint density at radius 2 is 1.94 bits per heavy atom. The van der Waals surface area contributed by atoms with Gasteiger partial charge in [0, 0.05) is 11.1 Å². The van der Waals surface area contributed by atoms with Crippen LogP contribution in [0.25, 0.3) is 0 Å². The van der Waals surface area contributed by atoms with E-state index in [4.69, 9.17) is 4.74 Å². The molecule has 0 heterocycles. The monoisotopic (exact) mass is 234 g/mol. The number of aryl methyl sites for hydroxylation is 1. The van der Waals surface area contributed by atoms with Crippen molar-refractivity contribution in [2.75, 3.05) is 7.11 Å². The Kier molecular flexibility index (Phi) is 3.93. The van der Waals surface area contributed by atoms with E-state index in [1.54, 1.807) is 7.11 Å². The summed E-state index contributed by atoms with van der Waals surface area (Å²) in [5, 5.41) is 10.3. The summed E-state index contributed by atoms with van der Waals surface area (Å²) in [6.07, 6.45) is 7.65. The lowest BCUT2D eigenvalue weighted by molar-refractivity contribution is 0.398. The summed E-state index contributed by atoms with van der Waals surface area (Å²) in [5.41, 5.74) is 3.43. The maximum atomic E-state index is 10.3. The van der Waals surface area contributed by atoms with Gasteiger partial charge in [0.2, 0.25) is 0 Å². The number of ether oxygens (including phenoxy) is 1. The minimum absolute atomic E-state index is 0.536. The lowest BCUT2D eigenvalue weighted by Gasteiger charge is -2.22. The topological polar surface area (TPSA) is 29.5 Å². The van der Waals surface area contributed by atoms with Crippen molar-refractivity contribution in [2.24, 2.45) is 0 Å². The second-order valence-electron chi connectivity index (χ2n) is 4.85. The van der Waals surface area contributed by atoms with E-state index in [1.165, 1.54) is 18.4 Å². The van der Waals surface area contributed by atoms with Gasteiger partial charge in [-0.3, -0.25) is 0 Å². The second kappa shape index (κ2) is 5.44. The molecule has 2 heteroatoms. The SMILES string of the molecule is CCCCc1cc(OC)c2c(c1O)CCCC2. The number of unbranched alkanes of at least 4 members (excludes halogenated alkanes) is 1. The van der Waals surface area contributed by atoms with E-state index in [2.05, 4.69) is 6.92 Å². The number of rotatable bonds is 4. The number of methoxy groups -OCH3 is 1. The maximum absolute atomic E-state index is 10.3. The van der Waals surface area contributed by atoms with Crippen molar-refractivity contribution < 1.29 is 9.84 Å². The molecule has 1 aliphatic rings. The van der Waals surface area contributed by atoms with Crippen LogP contribution in [0.5, 0.6) is 11.5 Å². The number of phenols is 1. The molecule has 0 spiro atoms. The van der Waals surface area contributed by atoms with Gasteiger partial charge in [-0.25, -0.2) is 0 Å². The molecule has 0 aliphatic heterocycles. The highest BCUT2D eigenvalue weighted by atomic mass is 16.5. The summed E-state index contributed by atoms with van der Waals surface area (Å²) in [6, 6.07) is 2.04. The van der Waals surface area contributed by atoms with Crippen molar-refractivity contribution in [1.82, 2.24) is 0 Å². The first-order chi connectivity index (χ1) is 8.27.